The summed E-state index contributed by atoms with van der Waals surface area (Å²) in [4.78, 5) is 42.1. The lowest BCUT2D eigenvalue weighted by Gasteiger charge is -2.26. The number of likely N-dealkylation sites (tertiary alicyclic amines) is 1. The van der Waals surface area contributed by atoms with Crippen LogP contribution in [0, 0.1) is 0 Å². The highest BCUT2D eigenvalue weighted by Crippen LogP contribution is 2.22. The SMILES string of the molecule is Nc1nc(-c2ccc(NC(=O)Nc3ccc(C(=O)N4CCCCC4)cc3)cc2)nc(N2CCOCC2)n1. The normalized spacial score (nSPS) is 15.8. The number of carbonyl (C=O) groups is 2. The van der Waals surface area contributed by atoms with Crippen LogP contribution >= 0.6 is 0 Å². The summed E-state index contributed by atoms with van der Waals surface area (Å²) in [5.74, 6) is 1.17. The van der Waals surface area contributed by atoms with Crippen LogP contribution in [0.25, 0.3) is 11.4 Å². The van der Waals surface area contributed by atoms with Crippen molar-refractivity contribution in [1.29, 1.82) is 0 Å². The van der Waals surface area contributed by atoms with Gasteiger partial charge in [0.1, 0.15) is 0 Å². The first-order valence-electron chi connectivity index (χ1n) is 12.5. The molecule has 0 bridgehead atoms. The van der Waals surface area contributed by atoms with E-state index in [4.69, 9.17) is 10.5 Å². The van der Waals surface area contributed by atoms with Crippen molar-refractivity contribution < 1.29 is 14.3 Å². The number of morpholine rings is 1. The number of nitrogens with zero attached hydrogens (tertiary/aromatic N) is 5. The zero-order valence-corrected chi connectivity index (χ0v) is 20.5. The quantitative estimate of drug-likeness (QED) is 0.483. The maximum absolute atomic E-state index is 12.6. The van der Waals surface area contributed by atoms with E-state index < -0.39 is 0 Å². The van der Waals surface area contributed by atoms with Gasteiger partial charge in [-0.25, -0.2) is 4.79 Å². The average Bonchev–Trinajstić information content (AvgIpc) is 2.94. The summed E-state index contributed by atoms with van der Waals surface area (Å²) in [5.41, 5.74) is 8.51. The highest BCUT2D eigenvalue weighted by molar-refractivity contribution is 6.00. The molecule has 2 saturated heterocycles. The molecule has 0 aliphatic carbocycles. The number of hydrogen-bond acceptors (Lipinski definition) is 8. The van der Waals surface area contributed by atoms with Gasteiger partial charge in [0.25, 0.3) is 5.91 Å². The van der Waals surface area contributed by atoms with Crippen LogP contribution in [0.2, 0.25) is 0 Å². The average molecular weight is 503 g/mol. The molecular weight excluding hydrogens is 472 g/mol. The summed E-state index contributed by atoms with van der Waals surface area (Å²) in [5, 5.41) is 5.60. The number of nitrogens with one attached hydrogen (secondary N) is 2. The van der Waals surface area contributed by atoms with Crippen LogP contribution in [-0.4, -0.2) is 71.2 Å². The third-order valence-electron chi connectivity index (χ3n) is 6.37. The fraction of sp³-hybridized carbons (Fsp3) is 0.346. The minimum atomic E-state index is -0.387. The molecule has 1 aromatic heterocycles. The molecule has 3 aromatic rings. The first kappa shape index (κ1) is 24.4. The number of hydrogen-bond donors (Lipinski definition) is 3. The Labute approximate surface area is 215 Å². The maximum Gasteiger partial charge on any atom is 0.323 e. The first-order valence-corrected chi connectivity index (χ1v) is 12.5. The monoisotopic (exact) mass is 502 g/mol. The smallest absolute Gasteiger partial charge is 0.323 e. The molecular formula is C26H30N8O3. The standard InChI is InChI=1S/C26H30N8O3/c27-24-30-22(31-25(32-24)34-14-16-37-17-15-34)18-4-8-20(9-5-18)28-26(36)29-21-10-6-19(7-11-21)23(35)33-12-2-1-3-13-33/h4-11H,1-3,12-17H2,(H2,28,29,36)(H2,27,30,31,32). The molecule has 0 radical (unpaired) electrons. The molecule has 11 heteroatoms. The van der Waals surface area contributed by atoms with E-state index in [1.807, 2.05) is 21.9 Å². The number of benzene rings is 2. The highest BCUT2D eigenvalue weighted by Gasteiger charge is 2.19. The van der Waals surface area contributed by atoms with Gasteiger partial charge in [0.2, 0.25) is 11.9 Å². The van der Waals surface area contributed by atoms with Crippen molar-refractivity contribution in [2.45, 2.75) is 19.3 Å². The van der Waals surface area contributed by atoms with Gasteiger partial charge in [0, 0.05) is 48.7 Å². The number of carbonyl (C=O) groups excluding carboxylic acids is 2. The third-order valence-corrected chi connectivity index (χ3v) is 6.37. The van der Waals surface area contributed by atoms with Crippen LogP contribution in [0.3, 0.4) is 0 Å². The predicted molar refractivity (Wildman–Crippen MR) is 142 cm³/mol. The number of amides is 3. The molecule has 4 N–H and O–H groups in total. The molecule has 0 spiro atoms. The molecule has 2 aliphatic heterocycles. The van der Waals surface area contributed by atoms with E-state index in [2.05, 4.69) is 25.6 Å². The Balaban J connectivity index is 1.19. The van der Waals surface area contributed by atoms with E-state index in [0.717, 1.165) is 31.5 Å². The maximum atomic E-state index is 12.6. The highest BCUT2D eigenvalue weighted by atomic mass is 16.5. The van der Waals surface area contributed by atoms with Gasteiger partial charge in [-0.1, -0.05) is 0 Å². The Bertz CT molecular complexity index is 1240. The van der Waals surface area contributed by atoms with E-state index >= 15 is 0 Å². The molecule has 192 valence electrons. The molecule has 2 fully saturated rings. The minimum Gasteiger partial charge on any atom is -0.378 e. The third kappa shape index (κ3) is 6.12. The lowest BCUT2D eigenvalue weighted by molar-refractivity contribution is 0.0724. The molecule has 0 unspecified atom stereocenters. The topological polar surface area (TPSA) is 139 Å². The van der Waals surface area contributed by atoms with Crippen molar-refractivity contribution >= 4 is 35.2 Å². The number of nitrogen functional groups attached to an aromatic ring is 1. The van der Waals surface area contributed by atoms with E-state index in [1.54, 1.807) is 36.4 Å². The van der Waals surface area contributed by atoms with Crippen LogP contribution < -0.4 is 21.3 Å². The van der Waals surface area contributed by atoms with Gasteiger partial charge in [0.05, 0.1) is 13.2 Å². The number of urea groups is 1. The Morgan fingerprint density at radius 3 is 2.05 bits per heavy atom. The van der Waals surface area contributed by atoms with Gasteiger partial charge in [0.15, 0.2) is 5.82 Å². The summed E-state index contributed by atoms with van der Waals surface area (Å²) < 4.78 is 5.39. The molecule has 11 nitrogen and oxygen atoms in total. The van der Waals surface area contributed by atoms with Crippen molar-refractivity contribution in [3.8, 4) is 11.4 Å². The number of anilines is 4. The van der Waals surface area contributed by atoms with E-state index in [-0.39, 0.29) is 17.9 Å². The fourth-order valence-electron chi connectivity index (χ4n) is 4.39. The zero-order valence-electron chi connectivity index (χ0n) is 20.5. The minimum absolute atomic E-state index is 0.0350. The van der Waals surface area contributed by atoms with Crippen LogP contribution in [0.5, 0.6) is 0 Å². The van der Waals surface area contributed by atoms with Gasteiger partial charge in [-0.2, -0.15) is 15.0 Å². The second-order valence-corrected chi connectivity index (χ2v) is 9.00. The molecule has 2 aliphatic rings. The van der Waals surface area contributed by atoms with Gasteiger partial charge in [-0.15, -0.1) is 0 Å². The molecule has 2 aromatic carbocycles. The second-order valence-electron chi connectivity index (χ2n) is 9.00. The van der Waals surface area contributed by atoms with E-state index in [0.29, 0.717) is 55.0 Å². The van der Waals surface area contributed by atoms with Gasteiger partial charge in [-0.3, -0.25) is 4.79 Å². The molecule has 5 rings (SSSR count). The second kappa shape index (κ2) is 11.2. The Morgan fingerprint density at radius 2 is 1.41 bits per heavy atom. The van der Waals surface area contributed by atoms with Gasteiger partial charge < -0.3 is 30.9 Å². The summed E-state index contributed by atoms with van der Waals surface area (Å²) >= 11 is 0. The van der Waals surface area contributed by atoms with E-state index in [1.165, 1.54) is 6.42 Å². The number of aromatic nitrogens is 3. The summed E-state index contributed by atoms with van der Waals surface area (Å²) in [6.07, 6.45) is 3.27. The van der Waals surface area contributed by atoms with E-state index in [9.17, 15) is 9.59 Å². The Morgan fingerprint density at radius 1 is 0.784 bits per heavy atom. The van der Waals surface area contributed by atoms with Gasteiger partial charge in [-0.05, 0) is 67.8 Å². The molecule has 0 saturated carbocycles. The van der Waals surface area contributed by atoms with Crippen LogP contribution in [0.1, 0.15) is 29.6 Å². The summed E-state index contributed by atoms with van der Waals surface area (Å²) in [6.45, 7) is 4.22. The van der Waals surface area contributed by atoms with Crippen molar-refractivity contribution in [2.24, 2.45) is 0 Å². The van der Waals surface area contributed by atoms with Gasteiger partial charge >= 0.3 is 6.03 Å². The molecule has 37 heavy (non-hydrogen) atoms. The van der Waals surface area contributed by atoms with Crippen LogP contribution in [-0.2, 0) is 4.74 Å². The van der Waals surface area contributed by atoms with Crippen molar-refractivity contribution in [1.82, 2.24) is 19.9 Å². The van der Waals surface area contributed by atoms with Crippen LogP contribution in [0.4, 0.5) is 28.1 Å². The summed E-state index contributed by atoms with van der Waals surface area (Å²) in [6, 6.07) is 13.7. The Hall–Kier alpha value is -4.25. The van der Waals surface area contributed by atoms with Crippen molar-refractivity contribution in [3.63, 3.8) is 0 Å². The van der Waals surface area contributed by atoms with Crippen LogP contribution in [0.15, 0.2) is 48.5 Å². The number of piperidine rings is 1. The van der Waals surface area contributed by atoms with Crippen molar-refractivity contribution in [2.75, 3.05) is 60.7 Å². The summed E-state index contributed by atoms with van der Waals surface area (Å²) in [7, 11) is 0. The Kier molecular flexibility index (Phi) is 7.41. The fourth-order valence-corrected chi connectivity index (χ4v) is 4.39. The number of nitrogens with two attached hydrogens (primary N) is 1. The number of ether oxygens (including phenoxy) is 1. The zero-order chi connectivity index (χ0) is 25.6. The lowest BCUT2D eigenvalue weighted by Crippen LogP contribution is -2.37. The largest absolute Gasteiger partial charge is 0.378 e. The molecule has 3 heterocycles. The number of rotatable bonds is 5. The lowest BCUT2D eigenvalue weighted by atomic mass is 10.1. The van der Waals surface area contributed by atoms with Crippen molar-refractivity contribution in [3.05, 3.63) is 54.1 Å². The predicted octanol–water partition coefficient (Wildman–Crippen LogP) is 3.23. The molecule has 3 amide bonds. The molecule has 0 atom stereocenters. The first-order chi connectivity index (χ1) is 18.0.